The summed E-state index contributed by atoms with van der Waals surface area (Å²) < 4.78 is 1.79. The molecule has 1 aromatic carbocycles. The maximum atomic E-state index is 12.4. The van der Waals surface area contributed by atoms with Crippen LogP contribution in [0.4, 0.5) is 11.5 Å². The van der Waals surface area contributed by atoms with Gasteiger partial charge in [-0.15, -0.1) is 0 Å². The molecule has 6 heteroatoms. The van der Waals surface area contributed by atoms with Gasteiger partial charge in [0, 0.05) is 36.3 Å². The molecular weight excluding hydrogens is 290 g/mol. The van der Waals surface area contributed by atoms with E-state index in [0.717, 1.165) is 24.4 Å². The van der Waals surface area contributed by atoms with Crippen LogP contribution in [-0.2, 0) is 0 Å². The van der Waals surface area contributed by atoms with Crippen LogP contribution in [0.25, 0.3) is 0 Å². The topological polar surface area (TPSA) is 62.5 Å². The van der Waals surface area contributed by atoms with E-state index in [2.05, 4.69) is 15.5 Å². The van der Waals surface area contributed by atoms with E-state index in [1.165, 1.54) is 0 Å². The quantitative estimate of drug-likeness (QED) is 0.942. The summed E-state index contributed by atoms with van der Waals surface area (Å²) in [7, 11) is 0. The molecule has 0 saturated carbocycles. The van der Waals surface area contributed by atoms with Gasteiger partial charge in [0.1, 0.15) is 5.82 Å². The molecule has 0 saturated heterocycles. The zero-order valence-electron chi connectivity index (χ0n) is 13.7. The summed E-state index contributed by atoms with van der Waals surface area (Å²) in [5, 5.41) is 13.5. The lowest BCUT2D eigenvalue weighted by Crippen LogP contribution is -2.17. The van der Waals surface area contributed by atoms with E-state index < -0.39 is 0 Å². The van der Waals surface area contributed by atoms with Crippen LogP contribution in [0.5, 0.6) is 0 Å². The van der Waals surface area contributed by atoms with Crippen molar-refractivity contribution in [3.8, 4) is 0 Å². The van der Waals surface area contributed by atoms with Gasteiger partial charge < -0.3 is 5.32 Å². The summed E-state index contributed by atoms with van der Waals surface area (Å²) in [5.41, 5.74) is 2.75. The molecule has 6 nitrogen and oxygen atoms in total. The number of hydrogen-bond donors (Lipinski definition) is 1. The molecule has 3 rings (SSSR count). The van der Waals surface area contributed by atoms with Crippen molar-refractivity contribution in [1.29, 1.82) is 0 Å². The van der Waals surface area contributed by atoms with Crippen LogP contribution in [0.2, 0.25) is 0 Å². The zero-order valence-corrected chi connectivity index (χ0v) is 13.7. The average molecular weight is 311 g/mol. The number of carbonyl (C=O) groups excluding carboxylic acids is 1. The molecule has 0 spiro atoms. The molecule has 0 atom stereocenters. The Kier molecular flexibility index (Phi) is 4.14. The Labute approximate surface area is 135 Å². The molecule has 1 amide bonds. The maximum Gasteiger partial charge on any atom is 0.256 e. The Balaban J connectivity index is 1.72. The van der Waals surface area contributed by atoms with Crippen molar-refractivity contribution in [3.63, 3.8) is 0 Å². The smallest absolute Gasteiger partial charge is 0.256 e. The van der Waals surface area contributed by atoms with Crippen molar-refractivity contribution in [3.05, 3.63) is 42.1 Å². The molecule has 0 radical (unpaired) electrons. The van der Waals surface area contributed by atoms with Crippen LogP contribution < -0.4 is 10.3 Å². The first-order chi connectivity index (χ1) is 11.0. The number of aromatic nitrogens is 2. The van der Waals surface area contributed by atoms with Gasteiger partial charge in [-0.2, -0.15) is 10.2 Å². The molecule has 1 aliphatic heterocycles. The number of rotatable bonds is 4. The molecule has 0 unspecified atom stereocenters. The third kappa shape index (κ3) is 3.26. The van der Waals surface area contributed by atoms with E-state index in [-0.39, 0.29) is 11.9 Å². The van der Waals surface area contributed by atoms with Crippen LogP contribution in [0, 0.1) is 0 Å². The lowest BCUT2D eigenvalue weighted by molar-refractivity contribution is 0.102. The minimum atomic E-state index is -0.139. The highest BCUT2D eigenvalue weighted by atomic mass is 16.1. The Morgan fingerprint density at radius 1 is 1.22 bits per heavy atom. The summed E-state index contributed by atoms with van der Waals surface area (Å²) in [6.45, 7) is 6.97. The number of anilines is 2. The molecule has 0 aliphatic carbocycles. The van der Waals surface area contributed by atoms with Crippen molar-refractivity contribution in [1.82, 2.24) is 9.78 Å². The molecule has 2 aromatic rings. The normalized spacial score (nSPS) is 14.3. The van der Waals surface area contributed by atoms with Gasteiger partial charge >= 0.3 is 0 Å². The minimum absolute atomic E-state index is 0.139. The largest absolute Gasteiger partial charge is 0.307 e. The Morgan fingerprint density at radius 3 is 2.57 bits per heavy atom. The van der Waals surface area contributed by atoms with Gasteiger partial charge in [0.2, 0.25) is 0 Å². The molecule has 1 aromatic heterocycles. The predicted octanol–water partition coefficient (Wildman–Crippen LogP) is 3.30. The molecule has 0 fully saturated rings. The van der Waals surface area contributed by atoms with Gasteiger partial charge in [0.25, 0.3) is 5.91 Å². The van der Waals surface area contributed by atoms with Gasteiger partial charge in [0.15, 0.2) is 0 Å². The number of amides is 1. The number of nitrogens with zero attached hydrogens (tertiary/aromatic N) is 4. The number of benzene rings is 1. The standard InChI is InChI=1S/C17H21N5O/c1-12(2)22-16(8-10-18-22)19-17(23)14-4-6-15(7-5-14)21-11-9-13(3)20-21/h4-8,10,12H,9,11H2,1-3H3,(H,19,23). The van der Waals surface area contributed by atoms with E-state index >= 15 is 0 Å². The van der Waals surface area contributed by atoms with E-state index in [0.29, 0.717) is 11.4 Å². The Bertz CT molecular complexity index is 730. The average Bonchev–Trinajstić information content (AvgIpc) is 3.16. The fourth-order valence-corrected chi connectivity index (χ4v) is 2.56. The van der Waals surface area contributed by atoms with Gasteiger partial charge in [-0.25, -0.2) is 4.68 Å². The molecule has 1 N–H and O–H groups in total. The first kappa shape index (κ1) is 15.3. The monoisotopic (exact) mass is 311 g/mol. The molecule has 1 aliphatic rings. The maximum absolute atomic E-state index is 12.4. The summed E-state index contributed by atoms with van der Waals surface area (Å²) in [6, 6.07) is 9.49. The first-order valence-electron chi connectivity index (χ1n) is 7.81. The van der Waals surface area contributed by atoms with Crippen molar-refractivity contribution < 1.29 is 4.79 Å². The van der Waals surface area contributed by atoms with Gasteiger partial charge in [-0.05, 0) is 45.0 Å². The number of hydrogen-bond acceptors (Lipinski definition) is 4. The second-order valence-electron chi connectivity index (χ2n) is 5.96. The summed E-state index contributed by atoms with van der Waals surface area (Å²) in [5.74, 6) is 0.564. The van der Waals surface area contributed by atoms with Crippen molar-refractivity contribution in [2.24, 2.45) is 5.10 Å². The highest BCUT2D eigenvalue weighted by Gasteiger charge is 2.14. The third-order valence-electron chi connectivity index (χ3n) is 3.81. The Hall–Kier alpha value is -2.63. The lowest BCUT2D eigenvalue weighted by Gasteiger charge is -2.14. The zero-order chi connectivity index (χ0) is 16.4. The van der Waals surface area contributed by atoms with Crippen LogP contribution >= 0.6 is 0 Å². The minimum Gasteiger partial charge on any atom is -0.307 e. The molecular formula is C17H21N5O. The third-order valence-corrected chi connectivity index (χ3v) is 3.81. The predicted molar refractivity (Wildman–Crippen MR) is 92.1 cm³/mol. The van der Waals surface area contributed by atoms with Gasteiger partial charge in [-0.3, -0.25) is 9.80 Å². The fraction of sp³-hybridized carbons (Fsp3) is 0.353. The highest BCUT2D eigenvalue weighted by molar-refractivity contribution is 6.04. The second kappa shape index (κ2) is 6.24. The van der Waals surface area contributed by atoms with Crippen LogP contribution in [0.3, 0.4) is 0 Å². The highest BCUT2D eigenvalue weighted by Crippen LogP contribution is 2.20. The van der Waals surface area contributed by atoms with Crippen molar-refractivity contribution in [2.75, 3.05) is 16.9 Å². The van der Waals surface area contributed by atoms with Gasteiger partial charge in [0.05, 0.1) is 11.9 Å². The molecule has 120 valence electrons. The molecule has 0 bridgehead atoms. The fourth-order valence-electron chi connectivity index (χ4n) is 2.56. The van der Waals surface area contributed by atoms with Gasteiger partial charge in [-0.1, -0.05) is 0 Å². The van der Waals surface area contributed by atoms with Crippen LogP contribution in [-0.4, -0.2) is 27.9 Å². The van der Waals surface area contributed by atoms with Crippen molar-refractivity contribution in [2.45, 2.75) is 33.2 Å². The van der Waals surface area contributed by atoms with Crippen molar-refractivity contribution >= 4 is 23.1 Å². The summed E-state index contributed by atoms with van der Waals surface area (Å²) in [6.07, 6.45) is 2.67. The van der Waals surface area contributed by atoms with E-state index in [4.69, 9.17) is 0 Å². The SMILES string of the molecule is CC1=NN(c2ccc(C(=O)Nc3ccnn3C(C)C)cc2)CC1. The van der Waals surface area contributed by atoms with E-state index in [9.17, 15) is 4.79 Å². The van der Waals surface area contributed by atoms with Crippen LogP contribution in [0.15, 0.2) is 41.6 Å². The lowest BCUT2D eigenvalue weighted by atomic mass is 10.2. The van der Waals surface area contributed by atoms with E-state index in [1.807, 2.05) is 50.0 Å². The number of carbonyl (C=O) groups is 1. The van der Waals surface area contributed by atoms with Crippen LogP contribution in [0.1, 0.15) is 43.6 Å². The molecule has 23 heavy (non-hydrogen) atoms. The molecule has 2 heterocycles. The summed E-state index contributed by atoms with van der Waals surface area (Å²) in [4.78, 5) is 12.4. The summed E-state index contributed by atoms with van der Waals surface area (Å²) >= 11 is 0. The van der Waals surface area contributed by atoms with E-state index in [1.54, 1.807) is 16.9 Å². The first-order valence-corrected chi connectivity index (χ1v) is 7.81. The Morgan fingerprint density at radius 2 is 1.96 bits per heavy atom. The number of hydrazone groups is 1. The number of nitrogens with one attached hydrogen (secondary N) is 1. The second-order valence-corrected chi connectivity index (χ2v) is 5.96.